The normalized spacial score (nSPS) is 10.3. The topological polar surface area (TPSA) is 26.3 Å². The van der Waals surface area contributed by atoms with Gasteiger partial charge in [0.05, 0.1) is 20.6 Å². The van der Waals surface area contributed by atoms with Gasteiger partial charge in [-0.1, -0.05) is 40.9 Å². The third kappa shape index (κ3) is 4.43. The van der Waals surface area contributed by atoms with Crippen molar-refractivity contribution in [3.63, 3.8) is 0 Å². The molecule has 22 heavy (non-hydrogen) atoms. The Morgan fingerprint density at radius 1 is 1.09 bits per heavy atom. The average molecular weight is 374 g/mol. The number of hydrogen-bond donors (Lipinski definition) is 0. The van der Waals surface area contributed by atoms with Crippen molar-refractivity contribution in [3.05, 3.63) is 69.7 Å². The van der Waals surface area contributed by atoms with Crippen LogP contribution in [-0.4, -0.2) is 11.7 Å². The van der Waals surface area contributed by atoms with Crippen LogP contribution in [0.2, 0.25) is 15.1 Å². The lowest BCUT2D eigenvalue weighted by Crippen LogP contribution is -2.08. The molecule has 0 aliphatic rings. The Labute approximate surface area is 148 Å². The second-order valence-electron chi connectivity index (χ2n) is 4.21. The number of benzene rings is 2. The van der Waals surface area contributed by atoms with Crippen LogP contribution in [0.4, 0.5) is 0 Å². The molecule has 0 bridgehead atoms. The van der Waals surface area contributed by atoms with Crippen molar-refractivity contribution in [2.24, 2.45) is 0 Å². The number of rotatable bonds is 5. The van der Waals surface area contributed by atoms with Gasteiger partial charge in [-0.05, 0) is 30.3 Å². The van der Waals surface area contributed by atoms with E-state index in [-0.39, 0.29) is 15.8 Å². The fourth-order valence-electron chi connectivity index (χ4n) is 1.58. The molecular weight excluding hydrogens is 363 g/mol. The minimum Gasteiger partial charge on any atom is -0.421 e. The maximum Gasteiger partial charge on any atom is 0.343 e. The molecule has 2 rings (SSSR count). The number of carbonyl (C=O) groups excluding carboxylic acids is 1. The van der Waals surface area contributed by atoms with Crippen LogP contribution in [0.25, 0.3) is 0 Å². The monoisotopic (exact) mass is 372 g/mol. The second-order valence-corrected chi connectivity index (χ2v) is 6.53. The van der Waals surface area contributed by atoms with Gasteiger partial charge in [-0.15, -0.1) is 18.3 Å². The molecule has 0 spiro atoms. The Balaban J connectivity index is 2.12. The molecule has 6 heteroatoms. The molecule has 2 aromatic rings. The van der Waals surface area contributed by atoms with Gasteiger partial charge in [0, 0.05) is 16.7 Å². The molecule has 0 amide bonds. The first kappa shape index (κ1) is 17.2. The zero-order chi connectivity index (χ0) is 16.1. The predicted molar refractivity (Wildman–Crippen MR) is 93.8 cm³/mol. The molecule has 0 aliphatic carbocycles. The highest BCUT2D eigenvalue weighted by molar-refractivity contribution is 7.99. The van der Waals surface area contributed by atoms with Gasteiger partial charge in [-0.25, -0.2) is 4.79 Å². The lowest BCUT2D eigenvalue weighted by Gasteiger charge is -2.08. The summed E-state index contributed by atoms with van der Waals surface area (Å²) in [6, 6.07) is 9.93. The zero-order valence-corrected chi connectivity index (χ0v) is 14.4. The minimum absolute atomic E-state index is 0.172. The molecule has 0 unspecified atom stereocenters. The van der Waals surface area contributed by atoms with Gasteiger partial charge in [0.25, 0.3) is 0 Å². The van der Waals surface area contributed by atoms with Crippen molar-refractivity contribution >= 4 is 52.5 Å². The van der Waals surface area contributed by atoms with Gasteiger partial charge in [0.15, 0.2) is 5.75 Å². The molecule has 0 radical (unpaired) electrons. The van der Waals surface area contributed by atoms with E-state index >= 15 is 0 Å². The first-order valence-electron chi connectivity index (χ1n) is 6.21. The maximum atomic E-state index is 12.1. The lowest BCUT2D eigenvalue weighted by molar-refractivity contribution is 0.0735. The summed E-state index contributed by atoms with van der Waals surface area (Å²) in [7, 11) is 0. The van der Waals surface area contributed by atoms with Crippen molar-refractivity contribution < 1.29 is 9.53 Å². The number of hydrogen-bond acceptors (Lipinski definition) is 3. The molecule has 0 saturated heterocycles. The van der Waals surface area contributed by atoms with Crippen molar-refractivity contribution in [2.45, 2.75) is 4.90 Å². The van der Waals surface area contributed by atoms with Crippen LogP contribution in [0.1, 0.15) is 10.4 Å². The van der Waals surface area contributed by atoms with Crippen LogP contribution in [-0.2, 0) is 0 Å². The quantitative estimate of drug-likeness (QED) is 0.207. The van der Waals surface area contributed by atoms with Crippen LogP contribution in [0.3, 0.4) is 0 Å². The molecule has 0 atom stereocenters. The van der Waals surface area contributed by atoms with Crippen molar-refractivity contribution in [1.82, 2.24) is 0 Å². The van der Waals surface area contributed by atoms with Gasteiger partial charge >= 0.3 is 5.97 Å². The second kappa shape index (κ2) is 7.93. The van der Waals surface area contributed by atoms with E-state index in [1.807, 2.05) is 18.2 Å². The van der Waals surface area contributed by atoms with E-state index in [1.165, 1.54) is 12.1 Å². The first-order chi connectivity index (χ1) is 10.5. The highest BCUT2D eigenvalue weighted by Gasteiger charge is 2.13. The number of halogens is 3. The zero-order valence-electron chi connectivity index (χ0n) is 11.3. The standard InChI is InChI=1S/C16H11Cl3O2S/c1-2-7-22-11-5-3-10(4-6-11)16(20)21-15-9-13(18)12(17)8-14(15)19/h2-6,8-9H,1,7H2. The molecular formula is C16H11Cl3O2S. The Bertz CT molecular complexity index is 699. The molecule has 0 saturated carbocycles. The van der Waals surface area contributed by atoms with Crippen LogP contribution in [0, 0.1) is 0 Å². The number of esters is 1. The van der Waals surface area contributed by atoms with Gasteiger partial charge < -0.3 is 4.74 Å². The van der Waals surface area contributed by atoms with Crippen molar-refractivity contribution in [2.75, 3.05) is 5.75 Å². The molecule has 0 aromatic heterocycles. The van der Waals surface area contributed by atoms with E-state index < -0.39 is 5.97 Å². The summed E-state index contributed by atoms with van der Waals surface area (Å²) in [5, 5.41) is 0.793. The summed E-state index contributed by atoms with van der Waals surface area (Å²) in [4.78, 5) is 13.2. The van der Waals surface area contributed by atoms with Crippen LogP contribution in [0.15, 0.2) is 53.9 Å². The lowest BCUT2D eigenvalue weighted by atomic mass is 10.2. The molecule has 0 N–H and O–H groups in total. The summed E-state index contributed by atoms with van der Waals surface area (Å²) in [6.45, 7) is 3.66. The molecule has 2 aromatic carbocycles. The summed E-state index contributed by atoms with van der Waals surface area (Å²) in [5.41, 5.74) is 0.421. The van der Waals surface area contributed by atoms with E-state index in [4.69, 9.17) is 39.5 Å². The van der Waals surface area contributed by atoms with Crippen molar-refractivity contribution in [3.8, 4) is 5.75 Å². The average Bonchev–Trinajstić information content (AvgIpc) is 2.51. The van der Waals surface area contributed by atoms with Crippen LogP contribution < -0.4 is 4.74 Å². The Kier molecular flexibility index (Phi) is 6.21. The number of thioether (sulfide) groups is 1. The van der Waals surface area contributed by atoms with E-state index in [2.05, 4.69) is 6.58 Å². The fourth-order valence-corrected chi connectivity index (χ4v) is 2.80. The van der Waals surface area contributed by atoms with Crippen LogP contribution >= 0.6 is 46.6 Å². The predicted octanol–water partition coefficient (Wildman–Crippen LogP) is 6.14. The molecule has 0 aliphatic heterocycles. The fraction of sp³-hybridized carbons (Fsp3) is 0.0625. The summed E-state index contributed by atoms with van der Waals surface area (Å²) < 4.78 is 5.25. The van der Waals surface area contributed by atoms with Gasteiger partial charge in [0.2, 0.25) is 0 Å². The summed E-state index contributed by atoms with van der Waals surface area (Å²) >= 11 is 19.3. The van der Waals surface area contributed by atoms with E-state index in [1.54, 1.807) is 23.9 Å². The van der Waals surface area contributed by atoms with E-state index in [0.717, 1.165) is 10.6 Å². The van der Waals surface area contributed by atoms with E-state index in [9.17, 15) is 4.79 Å². The first-order valence-corrected chi connectivity index (χ1v) is 8.33. The van der Waals surface area contributed by atoms with E-state index in [0.29, 0.717) is 10.6 Å². The molecule has 2 nitrogen and oxygen atoms in total. The van der Waals surface area contributed by atoms with Gasteiger partial charge in [-0.3, -0.25) is 0 Å². The largest absolute Gasteiger partial charge is 0.421 e. The number of ether oxygens (including phenoxy) is 1. The van der Waals surface area contributed by atoms with Crippen molar-refractivity contribution in [1.29, 1.82) is 0 Å². The smallest absolute Gasteiger partial charge is 0.343 e. The SMILES string of the molecule is C=CCSc1ccc(C(=O)Oc2cc(Cl)c(Cl)cc2Cl)cc1. The highest BCUT2D eigenvalue weighted by atomic mass is 35.5. The van der Waals surface area contributed by atoms with Gasteiger partial charge in [0.1, 0.15) is 0 Å². The molecule has 0 heterocycles. The Hall–Kier alpha value is -1.13. The third-order valence-electron chi connectivity index (χ3n) is 2.64. The highest BCUT2D eigenvalue weighted by Crippen LogP contribution is 2.34. The third-order valence-corrected chi connectivity index (χ3v) is 4.66. The molecule has 114 valence electrons. The minimum atomic E-state index is -0.513. The summed E-state index contributed by atoms with van der Waals surface area (Å²) in [6.07, 6.45) is 1.82. The molecule has 0 fully saturated rings. The van der Waals surface area contributed by atoms with Gasteiger partial charge in [-0.2, -0.15) is 0 Å². The number of carbonyl (C=O) groups is 1. The Morgan fingerprint density at radius 3 is 2.36 bits per heavy atom. The summed E-state index contributed by atoms with van der Waals surface area (Å²) in [5.74, 6) is 0.467. The Morgan fingerprint density at radius 2 is 1.73 bits per heavy atom. The maximum absolute atomic E-state index is 12.1. The van der Waals surface area contributed by atoms with Crippen LogP contribution in [0.5, 0.6) is 5.75 Å².